The standard InChI is InChI=1S/C14H19N3O2S/c1-9-8-20-14-15-11(5-13(19)17(9)14)6-16(2)7-12(18)10-3-4-10/h5,8,10,12,18H,3-4,6-7H2,1-2H3. The van der Waals surface area contributed by atoms with E-state index in [0.29, 0.717) is 19.0 Å². The lowest BCUT2D eigenvalue weighted by Crippen LogP contribution is -2.31. The lowest BCUT2D eigenvalue weighted by atomic mass is 10.2. The molecule has 0 bridgehead atoms. The first-order valence-corrected chi connectivity index (χ1v) is 7.76. The summed E-state index contributed by atoms with van der Waals surface area (Å²) in [5.74, 6) is 0.471. The fraction of sp³-hybridized carbons (Fsp3) is 0.571. The van der Waals surface area contributed by atoms with Gasteiger partial charge in [0.05, 0.1) is 11.8 Å². The van der Waals surface area contributed by atoms with Crippen LogP contribution < -0.4 is 5.56 Å². The number of thiazole rings is 1. The van der Waals surface area contributed by atoms with Crippen LogP contribution in [-0.2, 0) is 6.54 Å². The molecule has 0 amide bonds. The summed E-state index contributed by atoms with van der Waals surface area (Å²) in [6, 6.07) is 1.59. The first-order chi connectivity index (χ1) is 9.54. The van der Waals surface area contributed by atoms with Gasteiger partial charge in [0.15, 0.2) is 4.96 Å². The van der Waals surface area contributed by atoms with Crippen molar-refractivity contribution < 1.29 is 5.11 Å². The minimum atomic E-state index is -0.256. The third-order valence-electron chi connectivity index (χ3n) is 3.73. The highest BCUT2D eigenvalue weighted by atomic mass is 32.1. The molecule has 1 aliphatic rings. The summed E-state index contributed by atoms with van der Waals surface area (Å²) in [5, 5.41) is 11.9. The number of aliphatic hydroxyl groups excluding tert-OH is 1. The van der Waals surface area contributed by atoms with Gasteiger partial charge in [-0.15, -0.1) is 11.3 Å². The van der Waals surface area contributed by atoms with E-state index in [2.05, 4.69) is 4.98 Å². The quantitative estimate of drug-likeness (QED) is 0.902. The molecule has 1 N–H and O–H groups in total. The Morgan fingerprint density at radius 2 is 2.35 bits per heavy atom. The summed E-state index contributed by atoms with van der Waals surface area (Å²) in [6.07, 6.45) is 2.01. The molecule has 2 aromatic rings. The van der Waals surface area contributed by atoms with E-state index in [1.54, 1.807) is 10.5 Å². The van der Waals surface area contributed by atoms with Crippen LogP contribution in [-0.4, -0.2) is 39.1 Å². The Balaban J connectivity index is 1.75. The van der Waals surface area contributed by atoms with Crippen molar-refractivity contribution in [3.8, 4) is 0 Å². The number of aliphatic hydroxyl groups is 1. The van der Waals surface area contributed by atoms with E-state index in [0.717, 1.165) is 29.2 Å². The molecule has 0 aromatic carbocycles. The number of aromatic nitrogens is 2. The minimum Gasteiger partial charge on any atom is -0.392 e. The summed E-state index contributed by atoms with van der Waals surface area (Å²) >= 11 is 1.48. The van der Waals surface area contributed by atoms with Gasteiger partial charge >= 0.3 is 0 Å². The van der Waals surface area contributed by atoms with Crippen molar-refractivity contribution >= 4 is 16.3 Å². The SMILES string of the molecule is Cc1csc2nc(CN(C)CC(O)C3CC3)cc(=O)n12. The molecule has 2 aromatic heterocycles. The van der Waals surface area contributed by atoms with Gasteiger partial charge in [0.1, 0.15) is 0 Å². The van der Waals surface area contributed by atoms with Gasteiger partial charge in [0, 0.05) is 30.2 Å². The van der Waals surface area contributed by atoms with Crippen LogP contribution in [0.4, 0.5) is 0 Å². The van der Waals surface area contributed by atoms with Crippen molar-refractivity contribution in [3.05, 3.63) is 33.2 Å². The molecule has 5 nitrogen and oxygen atoms in total. The van der Waals surface area contributed by atoms with Gasteiger partial charge in [-0.05, 0) is 32.7 Å². The molecule has 1 saturated carbocycles. The predicted octanol–water partition coefficient (Wildman–Crippen LogP) is 1.27. The Morgan fingerprint density at radius 3 is 3.05 bits per heavy atom. The number of aryl methyl sites for hydroxylation is 1. The van der Waals surface area contributed by atoms with Gasteiger partial charge in [-0.1, -0.05) is 0 Å². The fourth-order valence-electron chi connectivity index (χ4n) is 2.47. The van der Waals surface area contributed by atoms with Crippen molar-refractivity contribution in [1.82, 2.24) is 14.3 Å². The molecule has 3 rings (SSSR count). The van der Waals surface area contributed by atoms with Crippen molar-refractivity contribution in [2.24, 2.45) is 5.92 Å². The number of nitrogens with zero attached hydrogens (tertiary/aromatic N) is 3. The molecule has 1 atom stereocenters. The highest BCUT2D eigenvalue weighted by Gasteiger charge is 2.30. The third kappa shape index (κ3) is 2.77. The summed E-state index contributed by atoms with van der Waals surface area (Å²) in [4.78, 5) is 19.4. The van der Waals surface area contributed by atoms with Crippen LogP contribution in [0.5, 0.6) is 0 Å². The van der Waals surface area contributed by atoms with Crippen molar-refractivity contribution in [3.63, 3.8) is 0 Å². The zero-order valence-corrected chi connectivity index (χ0v) is 12.6. The van der Waals surface area contributed by atoms with E-state index in [4.69, 9.17) is 0 Å². The van der Waals surface area contributed by atoms with Crippen LogP contribution in [0.15, 0.2) is 16.2 Å². The van der Waals surface area contributed by atoms with E-state index in [1.807, 2.05) is 24.3 Å². The van der Waals surface area contributed by atoms with Crippen LogP contribution in [0, 0.1) is 12.8 Å². The molecule has 1 unspecified atom stereocenters. The minimum absolute atomic E-state index is 0.0279. The van der Waals surface area contributed by atoms with Crippen molar-refractivity contribution in [1.29, 1.82) is 0 Å². The smallest absolute Gasteiger partial charge is 0.259 e. The maximum Gasteiger partial charge on any atom is 0.259 e. The normalized spacial score (nSPS) is 17.0. The Morgan fingerprint density at radius 1 is 1.60 bits per heavy atom. The average Bonchev–Trinajstić information content (AvgIpc) is 3.14. The monoisotopic (exact) mass is 293 g/mol. The average molecular weight is 293 g/mol. The Labute approximate surface area is 121 Å². The van der Waals surface area contributed by atoms with Crippen LogP contribution in [0.25, 0.3) is 4.96 Å². The van der Waals surface area contributed by atoms with E-state index in [1.165, 1.54) is 11.3 Å². The van der Waals surface area contributed by atoms with Gasteiger partial charge in [-0.2, -0.15) is 0 Å². The predicted molar refractivity (Wildman–Crippen MR) is 79.1 cm³/mol. The molecule has 0 radical (unpaired) electrons. The molecular weight excluding hydrogens is 274 g/mol. The molecule has 1 fully saturated rings. The van der Waals surface area contributed by atoms with Crippen molar-refractivity contribution in [2.75, 3.05) is 13.6 Å². The summed E-state index contributed by atoms with van der Waals surface area (Å²) in [6.45, 7) is 3.13. The first-order valence-electron chi connectivity index (χ1n) is 6.88. The molecule has 6 heteroatoms. The molecule has 2 heterocycles. The van der Waals surface area contributed by atoms with Crippen LogP contribution in [0.3, 0.4) is 0 Å². The largest absolute Gasteiger partial charge is 0.392 e. The van der Waals surface area contributed by atoms with Crippen LogP contribution >= 0.6 is 11.3 Å². The zero-order chi connectivity index (χ0) is 14.3. The van der Waals surface area contributed by atoms with E-state index < -0.39 is 0 Å². The Kier molecular flexibility index (Phi) is 3.62. The van der Waals surface area contributed by atoms with E-state index in [-0.39, 0.29) is 11.7 Å². The number of rotatable bonds is 5. The zero-order valence-electron chi connectivity index (χ0n) is 11.7. The van der Waals surface area contributed by atoms with Gasteiger partial charge in [-0.3, -0.25) is 14.1 Å². The highest BCUT2D eigenvalue weighted by Crippen LogP contribution is 2.32. The maximum atomic E-state index is 12.1. The number of hydrogen-bond donors (Lipinski definition) is 1. The molecule has 0 saturated heterocycles. The van der Waals surface area contributed by atoms with Gasteiger partial charge in [0.2, 0.25) is 0 Å². The van der Waals surface area contributed by atoms with Crippen LogP contribution in [0.2, 0.25) is 0 Å². The lowest BCUT2D eigenvalue weighted by Gasteiger charge is -2.19. The maximum absolute atomic E-state index is 12.1. The lowest BCUT2D eigenvalue weighted by molar-refractivity contribution is 0.104. The molecule has 20 heavy (non-hydrogen) atoms. The third-order valence-corrected chi connectivity index (χ3v) is 4.67. The van der Waals surface area contributed by atoms with E-state index >= 15 is 0 Å². The topological polar surface area (TPSA) is 57.8 Å². The second-order valence-corrected chi connectivity index (χ2v) is 6.52. The summed E-state index contributed by atoms with van der Waals surface area (Å²) in [5.41, 5.74) is 1.66. The second-order valence-electron chi connectivity index (χ2n) is 5.68. The Hall–Kier alpha value is -1.24. The number of likely N-dealkylation sites (N-methyl/N-ethyl adjacent to an activating group) is 1. The second kappa shape index (κ2) is 5.27. The fourth-order valence-corrected chi connectivity index (χ4v) is 3.36. The van der Waals surface area contributed by atoms with Gasteiger partial charge in [-0.25, -0.2) is 4.98 Å². The highest BCUT2D eigenvalue weighted by molar-refractivity contribution is 7.15. The van der Waals surface area contributed by atoms with Gasteiger partial charge in [0.25, 0.3) is 5.56 Å². The molecular formula is C14H19N3O2S. The molecule has 1 aliphatic carbocycles. The van der Waals surface area contributed by atoms with Crippen LogP contribution in [0.1, 0.15) is 24.2 Å². The van der Waals surface area contributed by atoms with Gasteiger partial charge < -0.3 is 5.11 Å². The molecule has 0 aliphatic heterocycles. The first kappa shape index (κ1) is 13.7. The Bertz CT molecular complexity index is 675. The number of hydrogen-bond acceptors (Lipinski definition) is 5. The molecule has 108 valence electrons. The summed E-state index contributed by atoms with van der Waals surface area (Å²) in [7, 11) is 1.95. The molecule has 0 spiro atoms. The number of fused-ring (bicyclic) bond motifs is 1. The summed E-state index contributed by atoms with van der Waals surface area (Å²) < 4.78 is 1.63. The van der Waals surface area contributed by atoms with Crippen molar-refractivity contribution in [2.45, 2.75) is 32.4 Å². The van der Waals surface area contributed by atoms with E-state index in [9.17, 15) is 9.90 Å².